The number of benzene rings is 1. The van der Waals surface area contributed by atoms with Crippen LogP contribution in [0, 0.1) is 0 Å². The van der Waals surface area contributed by atoms with Gasteiger partial charge in [0.1, 0.15) is 5.69 Å². The first-order valence-corrected chi connectivity index (χ1v) is 5.76. The third-order valence-electron chi connectivity index (χ3n) is 3.18. The van der Waals surface area contributed by atoms with Crippen LogP contribution in [-0.2, 0) is 13.2 Å². The monoisotopic (exact) mass is 281 g/mol. The summed E-state index contributed by atoms with van der Waals surface area (Å²) < 4.78 is 45.4. The molecule has 0 fully saturated rings. The van der Waals surface area contributed by atoms with E-state index in [0.29, 0.717) is 16.9 Å². The number of hydrogen-bond donors (Lipinski definition) is 1. The van der Waals surface area contributed by atoms with Crippen molar-refractivity contribution in [2.75, 3.05) is 5.73 Å². The summed E-state index contributed by atoms with van der Waals surface area (Å²) in [5, 5.41) is 3.86. The van der Waals surface area contributed by atoms with Crippen molar-refractivity contribution >= 4 is 16.8 Å². The van der Waals surface area contributed by atoms with Gasteiger partial charge in [-0.25, -0.2) is 0 Å². The van der Waals surface area contributed by atoms with Crippen molar-refractivity contribution in [3.63, 3.8) is 0 Å². The van der Waals surface area contributed by atoms with Gasteiger partial charge in [0.2, 0.25) is 5.88 Å². The summed E-state index contributed by atoms with van der Waals surface area (Å²) in [4.78, 5) is 0. The molecule has 7 heteroatoms. The Balaban J connectivity index is 2.30. The molecule has 0 radical (unpaired) electrons. The van der Waals surface area contributed by atoms with Crippen molar-refractivity contribution in [3.8, 4) is 11.4 Å². The van der Waals surface area contributed by atoms with Crippen LogP contribution in [0.3, 0.4) is 0 Å². The van der Waals surface area contributed by atoms with Gasteiger partial charge in [0, 0.05) is 24.0 Å². The van der Waals surface area contributed by atoms with E-state index in [0.717, 1.165) is 6.07 Å². The number of nitrogens with two attached hydrogens (primary N) is 1. The minimum atomic E-state index is -4.40. The van der Waals surface area contributed by atoms with Crippen LogP contribution in [0.1, 0.15) is 5.56 Å². The Hall–Kier alpha value is -2.44. The Kier molecular flexibility index (Phi) is 2.53. The summed E-state index contributed by atoms with van der Waals surface area (Å²) in [6, 6.07) is 6.98. The van der Waals surface area contributed by atoms with E-state index in [1.54, 1.807) is 17.7 Å². The lowest BCUT2D eigenvalue weighted by Crippen LogP contribution is -2.05. The van der Waals surface area contributed by atoms with Gasteiger partial charge in [0.25, 0.3) is 0 Å². The predicted molar refractivity (Wildman–Crippen MR) is 67.8 cm³/mol. The van der Waals surface area contributed by atoms with Gasteiger partial charge in [-0.15, -0.1) is 0 Å². The second-order valence-corrected chi connectivity index (χ2v) is 4.44. The Morgan fingerprint density at radius 1 is 1.25 bits per heavy atom. The van der Waals surface area contributed by atoms with Gasteiger partial charge in [-0.1, -0.05) is 11.2 Å². The molecule has 0 amide bonds. The molecule has 3 aromatic rings. The molecular formula is C13H10F3N3O. The fourth-order valence-electron chi connectivity index (χ4n) is 2.26. The third-order valence-corrected chi connectivity index (χ3v) is 3.18. The zero-order valence-corrected chi connectivity index (χ0v) is 10.4. The molecule has 0 saturated heterocycles. The van der Waals surface area contributed by atoms with Gasteiger partial charge >= 0.3 is 6.18 Å². The molecule has 0 aliphatic rings. The summed E-state index contributed by atoms with van der Waals surface area (Å²) in [5.41, 5.74) is 6.15. The number of hydrogen-bond acceptors (Lipinski definition) is 3. The largest absolute Gasteiger partial charge is 0.417 e. The number of fused-ring (bicyclic) bond motifs is 1. The first-order valence-electron chi connectivity index (χ1n) is 5.76. The SMILES string of the molecule is Cn1c(-c2cc(N)on2)cc2c(C(F)(F)F)cccc21. The molecule has 104 valence electrons. The lowest BCUT2D eigenvalue weighted by Gasteiger charge is -2.07. The molecule has 4 nitrogen and oxygen atoms in total. The van der Waals surface area contributed by atoms with Crippen LogP contribution in [-0.4, -0.2) is 9.72 Å². The average molecular weight is 281 g/mol. The van der Waals surface area contributed by atoms with E-state index < -0.39 is 11.7 Å². The molecule has 0 saturated carbocycles. The first kappa shape index (κ1) is 12.6. The van der Waals surface area contributed by atoms with Crippen LogP contribution in [0.5, 0.6) is 0 Å². The summed E-state index contributed by atoms with van der Waals surface area (Å²) in [6.07, 6.45) is -4.40. The van der Waals surface area contributed by atoms with Crippen molar-refractivity contribution in [2.45, 2.75) is 6.18 Å². The van der Waals surface area contributed by atoms with E-state index in [4.69, 9.17) is 10.3 Å². The number of nitrogens with zero attached hydrogens (tertiary/aromatic N) is 2. The van der Waals surface area contributed by atoms with Crippen LogP contribution >= 0.6 is 0 Å². The summed E-state index contributed by atoms with van der Waals surface area (Å²) in [5.74, 6) is 0.112. The Labute approximate surface area is 111 Å². The summed E-state index contributed by atoms with van der Waals surface area (Å²) >= 11 is 0. The van der Waals surface area contributed by atoms with Gasteiger partial charge in [-0.3, -0.25) is 0 Å². The van der Waals surface area contributed by atoms with Crippen LogP contribution in [0.15, 0.2) is 34.9 Å². The van der Waals surface area contributed by atoms with Crippen LogP contribution in [0.4, 0.5) is 19.1 Å². The van der Waals surface area contributed by atoms with E-state index in [2.05, 4.69) is 5.16 Å². The van der Waals surface area contributed by atoms with Crippen molar-refractivity contribution in [2.24, 2.45) is 7.05 Å². The molecule has 2 heterocycles. The number of aryl methyl sites for hydroxylation is 1. The fraction of sp³-hybridized carbons (Fsp3) is 0.154. The molecule has 0 aliphatic carbocycles. The highest BCUT2D eigenvalue weighted by Gasteiger charge is 2.33. The normalized spacial score (nSPS) is 12.2. The molecule has 1 aromatic carbocycles. The lowest BCUT2D eigenvalue weighted by atomic mass is 10.1. The summed E-state index contributed by atoms with van der Waals surface area (Å²) in [6.45, 7) is 0. The highest BCUT2D eigenvalue weighted by molar-refractivity contribution is 5.89. The van der Waals surface area contributed by atoms with Gasteiger partial charge in [-0.2, -0.15) is 13.2 Å². The van der Waals surface area contributed by atoms with Crippen LogP contribution < -0.4 is 5.73 Å². The Morgan fingerprint density at radius 2 is 2.00 bits per heavy atom. The number of nitrogen functional groups attached to an aromatic ring is 1. The molecular weight excluding hydrogens is 271 g/mol. The molecule has 0 spiro atoms. The number of aromatic nitrogens is 2. The maximum absolute atomic E-state index is 13.0. The van der Waals surface area contributed by atoms with Crippen molar-refractivity contribution in [3.05, 3.63) is 35.9 Å². The van der Waals surface area contributed by atoms with Crippen LogP contribution in [0.2, 0.25) is 0 Å². The Bertz CT molecular complexity index is 786. The smallest absolute Gasteiger partial charge is 0.368 e. The molecule has 20 heavy (non-hydrogen) atoms. The van der Waals surface area contributed by atoms with Crippen LogP contribution in [0.25, 0.3) is 22.3 Å². The molecule has 2 aromatic heterocycles. The molecule has 0 unspecified atom stereocenters. The molecule has 3 rings (SSSR count). The van der Waals surface area contributed by atoms with Crippen molar-refractivity contribution in [1.29, 1.82) is 0 Å². The number of alkyl halides is 3. The topological polar surface area (TPSA) is 57.0 Å². The maximum atomic E-state index is 13.0. The molecule has 0 atom stereocenters. The van der Waals surface area contributed by atoms with Crippen molar-refractivity contribution < 1.29 is 17.7 Å². The number of anilines is 1. The lowest BCUT2D eigenvalue weighted by molar-refractivity contribution is -0.136. The number of rotatable bonds is 1. The third kappa shape index (κ3) is 1.82. The second kappa shape index (κ2) is 4.03. The Morgan fingerprint density at radius 3 is 2.60 bits per heavy atom. The fourth-order valence-corrected chi connectivity index (χ4v) is 2.26. The minimum absolute atomic E-state index is 0.112. The zero-order valence-electron chi connectivity index (χ0n) is 10.4. The van der Waals surface area contributed by atoms with E-state index in [1.165, 1.54) is 18.2 Å². The maximum Gasteiger partial charge on any atom is 0.417 e. The van der Waals surface area contributed by atoms with Gasteiger partial charge < -0.3 is 14.8 Å². The second-order valence-electron chi connectivity index (χ2n) is 4.44. The minimum Gasteiger partial charge on any atom is -0.368 e. The van der Waals surface area contributed by atoms with Gasteiger partial charge in [0.15, 0.2) is 0 Å². The quantitative estimate of drug-likeness (QED) is 0.743. The number of halogens is 3. The predicted octanol–water partition coefficient (Wildman–Crippen LogP) is 3.43. The van der Waals surface area contributed by atoms with Gasteiger partial charge in [0.05, 0.1) is 11.3 Å². The van der Waals surface area contributed by atoms with E-state index in [9.17, 15) is 13.2 Å². The zero-order chi connectivity index (χ0) is 14.5. The highest BCUT2D eigenvalue weighted by atomic mass is 19.4. The van der Waals surface area contributed by atoms with Crippen molar-refractivity contribution in [1.82, 2.24) is 9.72 Å². The average Bonchev–Trinajstić information content (AvgIpc) is 2.92. The van der Waals surface area contributed by atoms with Gasteiger partial charge in [-0.05, 0) is 18.2 Å². The van der Waals surface area contributed by atoms with E-state index in [1.807, 2.05) is 0 Å². The molecule has 0 bridgehead atoms. The van der Waals surface area contributed by atoms with E-state index >= 15 is 0 Å². The molecule has 0 aliphatic heterocycles. The summed E-state index contributed by atoms with van der Waals surface area (Å²) in [7, 11) is 1.67. The van der Waals surface area contributed by atoms with E-state index in [-0.39, 0.29) is 11.3 Å². The molecule has 2 N–H and O–H groups in total. The standard InChI is InChI=1S/C13H10F3N3O/c1-19-10-4-2-3-8(13(14,15)16)7(10)5-11(19)9-6-12(17)20-18-9/h2-6H,17H2,1H3. The first-order chi connectivity index (χ1) is 9.38. The highest BCUT2D eigenvalue weighted by Crippen LogP contribution is 2.37.